The first-order chi connectivity index (χ1) is 9.26. The van der Waals surface area contributed by atoms with Gasteiger partial charge in [0.2, 0.25) is 0 Å². The predicted octanol–water partition coefficient (Wildman–Crippen LogP) is 1.04. The van der Waals surface area contributed by atoms with E-state index in [1.54, 1.807) is 0 Å². The van der Waals surface area contributed by atoms with Crippen molar-refractivity contribution in [2.45, 2.75) is 31.5 Å². The van der Waals surface area contributed by atoms with E-state index in [-0.39, 0.29) is 30.5 Å². The maximum atomic E-state index is 12.7. The highest BCUT2D eigenvalue weighted by atomic mass is 32.2. The Kier molecular flexibility index (Phi) is 4.96. The Balaban J connectivity index is 1.69. The molecule has 2 fully saturated rings. The Bertz CT molecular complexity index is 425. The second-order valence-corrected chi connectivity index (χ2v) is 7.96. The van der Waals surface area contributed by atoms with Gasteiger partial charge in [-0.25, -0.2) is 8.42 Å². The van der Waals surface area contributed by atoms with Crippen LogP contribution in [0.4, 0.5) is 13.2 Å². The lowest BCUT2D eigenvalue weighted by Gasteiger charge is -2.33. The van der Waals surface area contributed by atoms with Gasteiger partial charge in [0, 0.05) is 25.7 Å². The molecule has 2 rings (SSSR count). The molecule has 2 unspecified atom stereocenters. The monoisotopic (exact) mass is 314 g/mol. The van der Waals surface area contributed by atoms with Crippen molar-refractivity contribution >= 4 is 9.84 Å². The van der Waals surface area contributed by atoms with E-state index >= 15 is 0 Å². The molecule has 2 saturated heterocycles. The van der Waals surface area contributed by atoms with Gasteiger partial charge in [0.15, 0.2) is 9.84 Å². The largest absolute Gasteiger partial charge is 0.393 e. The zero-order valence-corrected chi connectivity index (χ0v) is 12.1. The van der Waals surface area contributed by atoms with Crippen LogP contribution >= 0.6 is 0 Å². The molecule has 2 atom stereocenters. The summed E-state index contributed by atoms with van der Waals surface area (Å²) in [7, 11) is -2.90. The average molecular weight is 314 g/mol. The Morgan fingerprint density at radius 3 is 2.60 bits per heavy atom. The van der Waals surface area contributed by atoms with Crippen LogP contribution in [-0.2, 0) is 9.84 Å². The zero-order chi connectivity index (χ0) is 14.8. The number of hydrogen-bond acceptors (Lipinski definition) is 4. The molecule has 2 aliphatic heterocycles. The minimum atomic E-state index is -4.11. The second-order valence-electron chi connectivity index (χ2n) is 5.74. The molecule has 0 aromatic rings. The van der Waals surface area contributed by atoms with Crippen molar-refractivity contribution in [1.82, 2.24) is 10.2 Å². The summed E-state index contributed by atoms with van der Waals surface area (Å²) in [5.74, 6) is -0.856. The van der Waals surface area contributed by atoms with Gasteiger partial charge in [-0.15, -0.1) is 0 Å². The number of piperidine rings is 1. The number of likely N-dealkylation sites (tertiary alicyclic amines) is 1. The average Bonchev–Trinajstić information content (AvgIpc) is 2.68. The maximum absolute atomic E-state index is 12.7. The molecule has 0 amide bonds. The summed E-state index contributed by atoms with van der Waals surface area (Å²) in [6, 6.07) is -0.0387. The molecule has 0 bridgehead atoms. The summed E-state index contributed by atoms with van der Waals surface area (Å²) >= 11 is 0. The van der Waals surface area contributed by atoms with Gasteiger partial charge in [-0.05, 0) is 25.8 Å². The van der Waals surface area contributed by atoms with Crippen LogP contribution in [0.2, 0.25) is 0 Å². The van der Waals surface area contributed by atoms with E-state index in [4.69, 9.17) is 0 Å². The number of sulfone groups is 1. The van der Waals surface area contributed by atoms with Gasteiger partial charge in [0.25, 0.3) is 0 Å². The Labute approximate surface area is 117 Å². The first-order valence-corrected chi connectivity index (χ1v) is 8.81. The fourth-order valence-corrected chi connectivity index (χ4v) is 4.62. The number of nitrogens with one attached hydrogen (secondary N) is 1. The van der Waals surface area contributed by atoms with Crippen LogP contribution < -0.4 is 5.32 Å². The van der Waals surface area contributed by atoms with Crippen molar-refractivity contribution in [2.24, 2.45) is 5.92 Å². The summed E-state index contributed by atoms with van der Waals surface area (Å²) in [6.45, 7) is 1.85. The standard InChI is InChI=1S/C12H21F3N2O2S/c13-12(14,15)10-2-1-5-17(8-10)6-4-16-11-3-7-20(18,19)9-11/h10-11,16H,1-9H2. The van der Waals surface area contributed by atoms with Crippen LogP contribution in [0.5, 0.6) is 0 Å². The predicted molar refractivity (Wildman–Crippen MR) is 70.3 cm³/mol. The van der Waals surface area contributed by atoms with E-state index in [0.29, 0.717) is 32.5 Å². The van der Waals surface area contributed by atoms with Gasteiger partial charge < -0.3 is 10.2 Å². The number of nitrogens with zero attached hydrogens (tertiary/aromatic N) is 1. The molecule has 2 aliphatic rings. The lowest BCUT2D eigenvalue weighted by atomic mass is 9.97. The fourth-order valence-electron chi connectivity index (χ4n) is 2.91. The van der Waals surface area contributed by atoms with Gasteiger partial charge in [-0.3, -0.25) is 0 Å². The van der Waals surface area contributed by atoms with Crippen molar-refractivity contribution < 1.29 is 21.6 Å². The number of rotatable bonds is 4. The van der Waals surface area contributed by atoms with E-state index in [1.165, 1.54) is 0 Å². The molecule has 1 N–H and O–H groups in total. The third kappa shape index (κ3) is 4.60. The summed E-state index contributed by atoms with van der Waals surface area (Å²) in [5.41, 5.74) is 0. The van der Waals surface area contributed by atoms with E-state index < -0.39 is 21.9 Å². The minimum Gasteiger partial charge on any atom is -0.312 e. The summed E-state index contributed by atoms with van der Waals surface area (Å²) in [4.78, 5) is 1.82. The van der Waals surface area contributed by atoms with Crippen molar-refractivity contribution in [3.63, 3.8) is 0 Å². The molecule has 2 heterocycles. The van der Waals surface area contributed by atoms with E-state index in [9.17, 15) is 21.6 Å². The number of hydrogen-bond donors (Lipinski definition) is 1. The Morgan fingerprint density at radius 2 is 2.00 bits per heavy atom. The topological polar surface area (TPSA) is 49.4 Å². The van der Waals surface area contributed by atoms with Gasteiger partial charge in [-0.1, -0.05) is 0 Å². The van der Waals surface area contributed by atoms with Crippen LogP contribution in [0.1, 0.15) is 19.3 Å². The van der Waals surface area contributed by atoms with Gasteiger partial charge in [0.1, 0.15) is 0 Å². The molecule has 8 heteroatoms. The van der Waals surface area contributed by atoms with E-state index in [0.717, 1.165) is 0 Å². The normalized spacial score (nSPS) is 31.6. The molecular weight excluding hydrogens is 293 g/mol. The quantitative estimate of drug-likeness (QED) is 0.842. The van der Waals surface area contributed by atoms with Crippen molar-refractivity contribution in [3.05, 3.63) is 0 Å². The molecular formula is C12H21F3N2O2S. The number of alkyl halides is 3. The molecule has 118 valence electrons. The summed E-state index contributed by atoms with van der Waals surface area (Å²) in [6.07, 6.45) is -2.71. The summed E-state index contributed by atoms with van der Waals surface area (Å²) < 4.78 is 60.5. The Hall–Kier alpha value is -0.340. The first-order valence-electron chi connectivity index (χ1n) is 6.99. The van der Waals surface area contributed by atoms with E-state index in [2.05, 4.69) is 5.32 Å². The molecule has 4 nitrogen and oxygen atoms in total. The molecule has 0 spiro atoms. The van der Waals surface area contributed by atoms with Crippen LogP contribution in [-0.4, -0.2) is 63.2 Å². The third-order valence-corrected chi connectivity index (χ3v) is 5.83. The highest BCUT2D eigenvalue weighted by Crippen LogP contribution is 2.32. The molecule has 20 heavy (non-hydrogen) atoms. The lowest BCUT2D eigenvalue weighted by Crippen LogP contribution is -2.45. The lowest BCUT2D eigenvalue weighted by molar-refractivity contribution is -0.186. The SMILES string of the molecule is O=S1(=O)CCC(NCCN2CCCC(C(F)(F)F)C2)C1. The molecule has 0 aromatic carbocycles. The van der Waals surface area contributed by atoms with Gasteiger partial charge in [0.05, 0.1) is 17.4 Å². The number of halogens is 3. The smallest absolute Gasteiger partial charge is 0.312 e. The van der Waals surface area contributed by atoms with E-state index in [1.807, 2.05) is 4.90 Å². The van der Waals surface area contributed by atoms with Crippen LogP contribution in [0.25, 0.3) is 0 Å². The fraction of sp³-hybridized carbons (Fsp3) is 1.00. The molecule has 0 aromatic heterocycles. The van der Waals surface area contributed by atoms with Crippen LogP contribution in [0, 0.1) is 5.92 Å². The van der Waals surface area contributed by atoms with Crippen LogP contribution in [0.3, 0.4) is 0 Å². The van der Waals surface area contributed by atoms with Crippen molar-refractivity contribution in [2.75, 3.05) is 37.7 Å². The molecule has 0 radical (unpaired) electrons. The highest BCUT2D eigenvalue weighted by Gasteiger charge is 2.41. The molecule has 0 saturated carbocycles. The van der Waals surface area contributed by atoms with Gasteiger partial charge >= 0.3 is 6.18 Å². The highest BCUT2D eigenvalue weighted by molar-refractivity contribution is 7.91. The summed E-state index contributed by atoms with van der Waals surface area (Å²) in [5, 5.41) is 3.14. The van der Waals surface area contributed by atoms with Crippen molar-refractivity contribution in [1.29, 1.82) is 0 Å². The van der Waals surface area contributed by atoms with Crippen LogP contribution in [0.15, 0.2) is 0 Å². The maximum Gasteiger partial charge on any atom is 0.393 e. The van der Waals surface area contributed by atoms with Gasteiger partial charge in [-0.2, -0.15) is 13.2 Å². The zero-order valence-electron chi connectivity index (χ0n) is 11.3. The van der Waals surface area contributed by atoms with Crippen molar-refractivity contribution in [3.8, 4) is 0 Å². The molecule has 0 aliphatic carbocycles. The second kappa shape index (κ2) is 6.19. The third-order valence-electron chi connectivity index (χ3n) is 4.06. The first kappa shape index (κ1) is 16.0. The Morgan fingerprint density at radius 1 is 1.25 bits per heavy atom. The minimum absolute atomic E-state index is 0.0387.